The zero-order chi connectivity index (χ0) is 9.00. The van der Waals surface area contributed by atoms with E-state index < -0.39 is 40.1 Å². The van der Waals surface area contributed by atoms with E-state index in [9.17, 15) is 0 Å². The molecule has 8 nitrogen and oxygen atoms in total. The zero-order valence-corrected chi connectivity index (χ0v) is 13.6. The van der Waals surface area contributed by atoms with E-state index in [0.29, 0.717) is 0 Å². The van der Waals surface area contributed by atoms with E-state index in [1.807, 2.05) is 0 Å². The van der Waals surface area contributed by atoms with Gasteiger partial charge in [0.2, 0.25) is 0 Å². The van der Waals surface area contributed by atoms with Crippen molar-refractivity contribution >= 4 is 40.1 Å². The van der Waals surface area contributed by atoms with E-state index in [4.69, 9.17) is 26.3 Å². The summed E-state index contributed by atoms with van der Waals surface area (Å²) in [7, 11) is 0. The van der Waals surface area contributed by atoms with Gasteiger partial charge in [-0.1, -0.05) is 0 Å². The minimum atomic E-state index is -6.10. The summed E-state index contributed by atoms with van der Waals surface area (Å²) >= 11 is -12.2. The third-order valence-electron chi connectivity index (χ3n) is 0. The Labute approximate surface area is 116 Å². The standard InChI is InChI=1S/3Fe.8O.2Sb/q3*+2;;;6*-1;;. The molecule has 82 valence electrons. The SMILES string of the molecule is [Fe+2].[Fe+2].[Fe+2].[O]=[Sb]([O-])([O-])[O-].[O]=[Sb]([O-])([O-])[O-]. The van der Waals surface area contributed by atoms with Gasteiger partial charge in [0.1, 0.15) is 0 Å². The third kappa shape index (κ3) is 351. The molecule has 0 fully saturated rings. The van der Waals surface area contributed by atoms with E-state index in [2.05, 4.69) is 0 Å². The fourth-order valence-electron chi connectivity index (χ4n) is 0. The van der Waals surface area contributed by atoms with E-state index in [-0.39, 0.29) is 51.2 Å². The van der Waals surface area contributed by atoms with Crippen molar-refractivity contribution in [3.05, 3.63) is 0 Å². The minimum absolute atomic E-state index is 0. The summed E-state index contributed by atoms with van der Waals surface area (Å²) in [6, 6.07) is 0. The van der Waals surface area contributed by atoms with Crippen LogP contribution in [-0.4, -0.2) is 40.1 Å². The number of hydrogen-bond donors (Lipinski definition) is 0. The van der Waals surface area contributed by atoms with Crippen LogP contribution in [0.4, 0.5) is 0 Å². The van der Waals surface area contributed by atoms with Crippen molar-refractivity contribution in [2.45, 2.75) is 0 Å². The van der Waals surface area contributed by atoms with Crippen LogP contribution in [0.2, 0.25) is 0 Å². The second-order valence-corrected chi connectivity index (χ2v) is 6.00. The summed E-state index contributed by atoms with van der Waals surface area (Å²) < 4.78 is 69.1. The van der Waals surface area contributed by atoms with Gasteiger partial charge in [0, 0.05) is 0 Å². The molecule has 0 aromatic carbocycles. The Morgan fingerprint density at radius 3 is 0.538 bits per heavy atom. The van der Waals surface area contributed by atoms with Crippen molar-refractivity contribution in [3.8, 4) is 0 Å². The van der Waals surface area contributed by atoms with Gasteiger partial charge in [-0.05, 0) is 0 Å². The maximum absolute atomic E-state index is 8.64. The molecule has 0 atom stereocenters. The second kappa shape index (κ2) is 12.6. The Morgan fingerprint density at radius 1 is 0.538 bits per heavy atom. The number of hydrogen-bond acceptors (Lipinski definition) is 8. The Kier molecular flexibility index (Phi) is 28.7. The molecule has 0 heterocycles. The number of rotatable bonds is 0. The molecule has 0 aliphatic rings. The maximum atomic E-state index is 8.64. The molecule has 0 unspecified atom stereocenters. The molecule has 0 saturated heterocycles. The quantitative estimate of drug-likeness (QED) is 0.273. The molecule has 13 heavy (non-hydrogen) atoms. The van der Waals surface area contributed by atoms with Crippen LogP contribution in [-0.2, 0) is 57.2 Å². The van der Waals surface area contributed by atoms with Crippen LogP contribution in [0.1, 0.15) is 0 Å². The van der Waals surface area contributed by atoms with E-state index in [1.54, 1.807) is 0 Å². The molecule has 0 amide bonds. The molecular formula is Fe3O8Sb2. The third-order valence-corrected chi connectivity index (χ3v) is 0. The first-order chi connectivity index (χ1) is 4.00. The molecule has 0 aliphatic carbocycles. The van der Waals surface area contributed by atoms with Crippen molar-refractivity contribution in [3.63, 3.8) is 0 Å². The van der Waals surface area contributed by atoms with Gasteiger partial charge in [0.05, 0.1) is 0 Å². The Morgan fingerprint density at radius 2 is 0.538 bits per heavy atom. The fourth-order valence-corrected chi connectivity index (χ4v) is 0. The first kappa shape index (κ1) is 29.6. The first-order valence-electron chi connectivity index (χ1n) is 1.46. The summed E-state index contributed by atoms with van der Waals surface area (Å²) in [4.78, 5) is 0. The van der Waals surface area contributed by atoms with E-state index >= 15 is 0 Å². The summed E-state index contributed by atoms with van der Waals surface area (Å²) in [5.41, 5.74) is 0. The first-order valence-corrected chi connectivity index (χ1v) is 9.80. The molecule has 0 saturated carbocycles. The van der Waals surface area contributed by atoms with Crippen LogP contribution < -0.4 is 20.3 Å². The Bertz CT molecular complexity index is 130. The molecule has 0 radical (unpaired) electrons. The average Bonchev–Trinajstić information content (AvgIpc) is 1.12. The molecular weight excluding hydrogens is 539 g/mol. The van der Waals surface area contributed by atoms with Crippen molar-refractivity contribution in [2.75, 3.05) is 0 Å². The van der Waals surface area contributed by atoms with Gasteiger partial charge in [-0.2, -0.15) is 0 Å². The summed E-state index contributed by atoms with van der Waals surface area (Å²) in [5.74, 6) is 0. The van der Waals surface area contributed by atoms with Gasteiger partial charge in [0.15, 0.2) is 0 Å². The van der Waals surface area contributed by atoms with Gasteiger partial charge >= 0.3 is 118 Å². The Balaban J connectivity index is -0.0000000267. The molecule has 0 aromatic heterocycles. The van der Waals surface area contributed by atoms with Crippen molar-refractivity contribution in [1.29, 1.82) is 0 Å². The van der Waals surface area contributed by atoms with Crippen LogP contribution in [0, 0.1) is 0 Å². The molecule has 0 rings (SSSR count). The van der Waals surface area contributed by atoms with Crippen LogP contribution in [0.5, 0.6) is 0 Å². The summed E-state index contributed by atoms with van der Waals surface area (Å²) in [6.45, 7) is 0. The van der Waals surface area contributed by atoms with Gasteiger partial charge < -0.3 is 0 Å². The van der Waals surface area contributed by atoms with Crippen molar-refractivity contribution in [1.82, 2.24) is 0 Å². The predicted molar refractivity (Wildman–Crippen MR) is 12.9 cm³/mol. The van der Waals surface area contributed by atoms with E-state index in [1.165, 1.54) is 0 Å². The topological polar surface area (TPSA) is 172 Å². The monoisotopic (exact) mass is 538 g/mol. The van der Waals surface area contributed by atoms with E-state index in [0.717, 1.165) is 0 Å². The summed E-state index contributed by atoms with van der Waals surface area (Å²) in [6.07, 6.45) is 0. The average molecular weight is 539 g/mol. The molecule has 0 aliphatic heterocycles. The summed E-state index contributed by atoms with van der Waals surface area (Å²) in [5, 5.41) is 0. The van der Waals surface area contributed by atoms with Crippen LogP contribution >= 0.6 is 0 Å². The van der Waals surface area contributed by atoms with Gasteiger partial charge in [-0.3, -0.25) is 0 Å². The van der Waals surface area contributed by atoms with Crippen LogP contribution in [0.15, 0.2) is 0 Å². The molecule has 0 N–H and O–H groups in total. The molecule has 13 heteroatoms. The Hall–Kier alpha value is 2.55. The molecule has 0 aromatic rings. The van der Waals surface area contributed by atoms with Crippen molar-refractivity contribution in [2.24, 2.45) is 0 Å². The van der Waals surface area contributed by atoms with Crippen LogP contribution in [0.25, 0.3) is 0 Å². The fraction of sp³-hybridized carbons (Fsp3) is 0. The molecule has 0 spiro atoms. The zero-order valence-electron chi connectivity index (χ0n) is 5.22. The molecule has 0 bridgehead atoms. The van der Waals surface area contributed by atoms with Gasteiger partial charge in [-0.25, -0.2) is 0 Å². The normalized spacial score (nSPS) is 9.08. The second-order valence-electron chi connectivity index (χ2n) is 0.894. The van der Waals surface area contributed by atoms with Gasteiger partial charge in [0.25, 0.3) is 0 Å². The van der Waals surface area contributed by atoms with Crippen LogP contribution in [0.3, 0.4) is 0 Å². The predicted octanol–water partition coefficient (Wildman–Crippen LogP) is -8.14. The van der Waals surface area contributed by atoms with Gasteiger partial charge in [-0.15, -0.1) is 0 Å². The van der Waals surface area contributed by atoms with Crippen molar-refractivity contribution < 1.29 is 77.6 Å².